The van der Waals surface area contributed by atoms with Gasteiger partial charge in [-0.1, -0.05) is 20.3 Å². The van der Waals surface area contributed by atoms with Crippen molar-refractivity contribution in [1.82, 2.24) is 15.5 Å². The first-order chi connectivity index (χ1) is 10.5. The van der Waals surface area contributed by atoms with E-state index in [2.05, 4.69) is 36.4 Å². The Kier molecular flexibility index (Phi) is 17.5. The first-order valence-electron chi connectivity index (χ1n) is 8.33. The van der Waals surface area contributed by atoms with Gasteiger partial charge in [0, 0.05) is 39.9 Å². The fourth-order valence-electron chi connectivity index (χ4n) is 1.51. The van der Waals surface area contributed by atoms with E-state index in [1.54, 1.807) is 19.0 Å². The van der Waals surface area contributed by atoms with Gasteiger partial charge in [-0.25, -0.2) is 4.99 Å². The van der Waals surface area contributed by atoms with Crippen molar-refractivity contribution in [1.29, 1.82) is 0 Å². The third kappa shape index (κ3) is 14.7. The second kappa shape index (κ2) is 16.3. The molecular weight excluding hydrogens is 407 g/mol. The van der Waals surface area contributed by atoms with E-state index in [4.69, 9.17) is 4.74 Å². The molecule has 0 saturated heterocycles. The smallest absolute Gasteiger partial charge is 0.243 e. The molecule has 1 atom stereocenters. The number of ether oxygens (including phenoxy) is 1. The van der Waals surface area contributed by atoms with Crippen LogP contribution in [0.1, 0.15) is 46.5 Å². The summed E-state index contributed by atoms with van der Waals surface area (Å²) in [6.07, 6.45) is 4.20. The number of amides is 1. The molecule has 6 nitrogen and oxygen atoms in total. The zero-order valence-electron chi connectivity index (χ0n) is 15.4. The second-order valence-electron chi connectivity index (χ2n) is 5.65. The molecule has 0 fully saturated rings. The number of halogens is 1. The molecule has 0 aromatic carbocycles. The molecule has 138 valence electrons. The van der Waals surface area contributed by atoms with E-state index in [1.165, 1.54) is 0 Å². The molecule has 23 heavy (non-hydrogen) atoms. The van der Waals surface area contributed by atoms with E-state index in [0.717, 1.165) is 45.4 Å². The Balaban J connectivity index is 0. The second-order valence-corrected chi connectivity index (χ2v) is 5.65. The van der Waals surface area contributed by atoms with Gasteiger partial charge in [-0.2, -0.15) is 0 Å². The highest BCUT2D eigenvalue weighted by molar-refractivity contribution is 14.0. The number of nitrogens with zero attached hydrogens (tertiary/aromatic N) is 2. The van der Waals surface area contributed by atoms with Gasteiger partial charge in [0.25, 0.3) is 0 Å². The average molecular weight is 442 g/mol. The van der Waals surface area contributed by atoms with Crippen LogP contribution in [0.5, 0.6) is 0 Å². The van der Waals surface area contributed by atoms with Gasteiger partial charge in [-0.15, -0.1) is 24.0 Å². The lowest BCUT2D eigenvalue weighted by molar-refractivity contribution is -0.127. The average Bonchev–Trinajstić information content (AvgIpc) is 2.50. The third-order valence-corrected chi connectivity index (χ3v) is 3.27. The maximum atomic E-state index is 11.6. The van der Waals surface area contributed by atoms with Crippen molar-refractivity contribution in [2.24, 2.45) is 4.99 Å². The van der Waals surface area contributed by atoms with Crippen LogP contribution in [0, 0.1) is 0 Å². The van der Waals surface area contributed by atoms with Crippen LogP contribution in [0.4, 0.5) is 0 Å². The minimum absolute atomic E-state index is 0. The predicted molar refractivity (Wildman–Crippen MR) is 108 cm³/mol. The topological polar surface area (TPSA) is 66.0 Å². The molecule has 0 rings (SSSR count). The monoisotopic (exact) mass is 442 g/mol. The maximum absolute atomic E-state index is 11.6. The number of rotatable bonds is 11. The molecule has 0 spiro atoms. The number of unbranched alkanes of at least 4 members (excludes halogenated alkanes) is 1. The summed E-state index contributed by atoms with van der Waals surface area (Å²) in [7, 11) is 3.47. The van der Waals surface area contributed by atoms with Gasteiger partial charge >= 0.3 is 0 Å². The van der Waals surface area contributed by atoms with Crippen LogP contribution in [0.2, 0.25) is 0 Å². The summed E-state index contributed by atoms with van der Waals surface area (Å²) in [6, 6.07) is 0.321. The van der Waals surface area contributed by atoms with Crippen molar-refractivity contribution < 1.29 is 9.53 Å². The Morgan fingerprint density at radius 1 is 1.22 bits per heavy atom. The number of nitrogens with one attached hydrogen (secondary N) is 2. The molecule has 2 N–H and O–H groups in total. The van der Waals surface area contributed by atoms with Gasteiger partial charge in [0.2, 0.25) is 5.91 Å². The van der Waals surface area contributed by atoms with Crippen LogP contribution in [0.3, 0.4) is 0 Å². The van der Waals surface area contributed by atoms with Crippen LogP contribution in [0.15, 0.2) is 4.99 Å². The Hall–Kier alpha value is -0.570. The van der Waals surface area contributed by atoms with E-state index < -0.39 is 0 Å². The lowest BCUT2D eigenvalue weighted by Crippen LogP contribution is -2.43. The molecular formula is C16H35IN4O2. The molecule has 1 amide bonds. The molecule has 0 saturated carbocycles. The number of guanidine groups is 1. The van der Waals surface area contributed by atoms with Gasteiger partial charge in [-0.3, -0.25) is 4.79 Å². The molecule has 0 aliphatic carbocycles. The fourth-order valence-corrected chi connectivity index (χ4v) is 1.51. The van der Waals surface area contributed by atoms with E-state index in [0.29, 0.717) is 12.0 Å². The largest absolute Gasteiger partial charge is 0.381 e. The molecule has 0 aliphatic heterocycles. The van der Waals surface area contributed by atoms with Gasteiger partial charge in [0.05, 0.1) is 0 Å². The minimum Gasteiger partial charge on any atom is -0.381 e. The summed E-state index contributed by atoms with van der Waals surface area (Å²) in [4.78, 5) is 17.5. The van der Waals surface area contributed by atoms with Crippen molar-refractivity contribution in [2.75, 3.05) is 40.4 Å². The van der Waals surface area contributed by atoms with Crippen molar-refractivity contribution in [3.05, 3.63) is 0 Å². The van der Waals surface area contributed by atoms with E-state index in [-0.39, 0.29) is 36.4 Å². The lowest BCUT2D eigenvalue weighted by atomic mass is 10.3. The van der Waals surface area contributed by atoms with E-state index >= 15 is 0 Å². The fraction of sp³-hybridized carbons (Fsp3) is 0.875. The standard InChI is InChI=1S/C16H34N4O2.HI/c1-6-8-11-22-12-9-10-17-16(19-14(3)7-2)18-13-15(21)20(4)5;/h14H,6-13H2,1-5H3,(H2,17,18,19);1H. The molecule has 7 heteroatoms. The summed E-state index contributed by atoms with van der Waals surface area (Å²) >= 11 is 0. The summed E-state index contributed by atoms with van der Waals surface area (Å²) in [5.41, 5.74) is 0. The number of carbonyl (C=O) groups excluding carboxylic acids is 1. The summed E-state index contributed by atoms with van der Waals surface area (Å²) in [6.45, 7) is 8.89. The van der Waals surface area contributed by atoms with E-state index in [9.17, 15) is 4.79 Å². The Bertz CT molecular complexity index is 325. The maximum Gasteiger partial charge on any atom is 0.243 e. The predicted octanol–water partition coefficient (Wildman–Crippen LogP) is 2.23. The first-order valence-corrected chi connectivity index (χ1v) is 8.33. The molecule has 0 aromatic heterocycles. The molecule has 1 unspecified atom stereocenters. The lowest BCUT2D eigenvalue weighted by Gasteiger charge is -2.17. The van der Waals surface area contributed by atoms with Gasteiger partial charge in [0.1, 0.15) is 6.54 Å². The Morgan fingerprint density at radius 2 is 1.87 bits per heavy atom. The molecule has 0 bridgehead atoms. The zero-order chi connectivity index (χ0) is 16.8. The Labute approximate surface area is 158 Å². The highest BCUT2D eigenvalue weighted by Crippen LogP contribution is 1.91. The molecule has 0 heterocycles. The van der Waals surface area contributed by atoms with Crippen LogP contribution >= 0.6 is 24.0 Å². The quantitative estimate of drug-likeness (QED) is 0.223. The highest BCUT2D eigenvalue weighted by atomic mass is 127. The van der Waals surface area contributed by atoms with Gasteiger partial charge in [-0.05, 0) is 26.2 Å². The number of hydrogen-bond acceptors (Lipinski definition) is 3. The number of aliphatic imine (C=N–C) groups is 1. The highest BCUT2D eigenvalue weighted by Gasteiger charge is 2.06. The summed E-state index contributed by atoms with van der Waals surface area (Å²) < 4.78 is 5.53. The molecule has 0 radical (unpaired) electrons. The normalized spacial score (nSPS) is 12.3. The molecule has 0 aromatic rings. The summed E-state index contributed by atoms with van der Waals surface area (Å²) in [5, 5.41) is 6.56. The summed E-state index contributed by atoms with van der Waals surface area (Å²) in [5.74, 6) is 0.686. The van der Waals surface area contributed by atoms with Crippen LogP contribution in [-0.2, 0) is 9.53 Å². The third-order valence-electron chi connectivity index (χ3n) is 3.27. The van der Waals surface area contributed by atoms with Crippen LogP contribution in [-0.4, -0.2) is 63.2 Å². The minimum atomic E-state index is -0.00634. The van der Waals surface area contributed by atoms with Crippen molar-refractivity contribution in [3.8, 4) is 0 Å². The van der Waals surface area contributed by atoms with Crippen molar-refractivity contribution in [2.45, 2.75) is 52.5 Å². The number of hydrogen-bond donors (Lipinski definition) is 2. The van der Waals surface area contributed by atoms with Crippen molar-refractivity contribution in [3.63, 3.8) is 0 Å². The number of carbonyl (C=O) groups is 1. The van der Waals surface area contributed by atoms with Crippen LogP contribution in [0.25, 0.3) is 0 Å². The van der Waals surface area contributed by atoms with Gasteiger partial charge < -0.3 is 20.3 Å². The van der Waals surface area contributed by atoms with Crippen molar-refractivity contribution >= 4 is 35.8 Å². The molecule has 0 aliphatic rings. The Morgan fingerprint density at radius 3 is 2.43 bits per heavy atom. The van der Waals surface area contributed by atoms with Crippen LogP contribution < -0.4 is 10.6 Å². The van der Waals surface area contributed by atoms with E-state index in [1.807, 2.05) is 0 Å². The SMILES string of the molecule is CCCCOCCCNC(=NCC(=O)N(C)C)NC(C)CC.I. The zero-order valence-corrected chi connectivity index (χ0v) is 17.7. The van der Waals surface area contributed by atoms with Gasteiger partial charge in [0.15, 0.2) is 5.96 Å². The first kappa shape index (κ1) is 24.7. The number of likely N-dealkylation sites (N-methyl/N-ethyl adjacent to an activating group) is 1.